The first kappa shape index (κ1) is 14.4. The molecule has 0 spiro atoms. The molecular weight excluding hydrogens is 236 g/mol. The van der Waals surface area contributed by atoms with Crippen molar-refractivity contribution >= 4 is 0 Å². The number of methoxy groups -OCH3 is 1. The van der Waals surface area contributed by atoms with Crippen LogP contribution in [0.5, 0.6) is 5.75 Å². The summed E-state index contributed by atoms with van der Waals surface area (Å²) in [7, 11) is 1.74. The van der Waals surface area contributed by atoms with Crippen LogP contribution in [0.15, 0.2) is 18.2 Å². The molecule has 0 radical (unpaired) electrons. The fourth-order valence-corrected chi connectivity index (χ4v) is 2.75. The van der Waals surface area contributed by atoms with Crippen LogP contribution in [0.2, 0.25) is 0 Å². The maximum absolute atomic E-state index is 6.08. The molecule has 1 saturated carbocycles. The molecule has 0 aliphatic heterocycles. The summed E-state index contributed by atoms with van der Waals surface area (Å²) in [5.41, 5.74) is 8.62. The van der Waals surface area contributed by atoms with E-state index in [0.29, 0.717) is 18.0 Å². The average Bonchev–Trinajstić information content (AvgIpc) is 2.81. The van der Waals surface area contributed by atoms with Gasteiger partial charge in [0, 0.05) is 24.2 Å². The van der Waals surface area contributed by atoms with Gasteiger partial charge in [0.15, 0.2) is 0 Å². The molecule has 1 aromatic carbocycles. The minimum atomic E-state index is 0.306. The fraction of sp³-hybridized carbons (Fsp3) is 0.625. The Bertz CT molecular complexity index is 417. The Balaban J connectivity index is 2.03. The predicted octanol–water partition coefficient (Wildman–Crippen LogP) is 2.79. The first-order valence-corrected chi connectivity index (χ1v) is 7.27. The average molecular weight is 262 g/mol. The van der Waals surface area contributed by atoms with Gasteiger partial charge in [-0.1, -0.05) is 32.4 Å². The lowest BCUT2D eigenvalue weighted by Gasteiger charge is -2.19. The smallest absolute Gasteiger partial charge is 0.123 e. The van der Waals surface area contributed by atoms with Gasteiger partial charge < -0.3 is 15.8 Å². The summed E-state index contributed by atoms with van der Waals surface area (Å²) in [6.45, 7) is 5.23. The van der Waals surface area contributed by atoms with E-state index in [4.69, 9.17) is 10.5 Å². The van der Waals surface area contributed by atoms with Crippen LogP contribution in [0.25, 0.3) is 0 Å². The fourth-order valence-electron chi connectivity index (χ4n) is 2.75. The van der Waals surface area contributed by atoms with Crippen LogP contribution in [0.1, 0.15) is 50.2 Å². The monoisotopic (exact) mass is 262 g/mol. The Morgan fingerprint density at radius 2 is 2.16 bits per heavy atom. The zero-order valence-corrected chi connectivity index (χ0v) is 12.3. The van der Waals surface area contributed by atoms with Gasteiger partial charge >= 0.3 is 0 Å². The zero-order chi connectivity index (χ0) is 13.8. The maximum Gasteiger partial charge on any atom is 0.123 e. The van der Waals surface area contributed by atoms with Crippen LogP contribution in [-0.4, -0.2) is 19.2 Å². The molecule has 0 amide bonds. The molecule has 3 N–H and O–H groups in total. The number of hydrogen-bond acceptors (Lipinski definition) is 3. The highest BCUT2D eigenvalue weighted by molar-refractivity contribution is 5.38. The standard InChI is InChI=1S/C16H26N2O/c1-11(2)12-7-8-13(16(9-12)19-3)10-18-15-6-4-5-14(15)17/h7-9,11,14-15,18H,4-6,10,17H2,1-3H3. The van der Waals surface area contributed by atoms with Crippen LogP contribution >= 0.6 is 0 Å². The largest absolute Gasteiger partial charge is 0.496 e. The van der Waals surface area contributed by atoms with Crippen molar-refractivity contribution in [2.45, 2.75) is 57.7 Å². The lowest BCUT2D eigenvalue weighted by atomic mass is 10.0. The Hall–Kier alpha value is -1.06. The number of benzene rings is 1. The third-order valence-electron chi connectivity index (χ3n) is 4.10. The molecule has 19 heavy (non-hydrogen) atoms. The Labute approximate surface area is 116 Å². The number of rotatable bonds is 5. The first-order chi connectivity index (χ1) is 9.11. The van der Waals surface area contributed by atoms with Crippen LogP contribution in [-0.2, 0) is 6.54 Å². The van der Waals surface area contributed by atoms with Crippen LogP contribution in [0.3, 0.4) is 0 Å². The second kappa shape index (κ2) is 6.40. The normalized spacial score (nSPS) is 23.0. The molecule has 2 atom stereocenters. The van der Waals surface area contributed by atoms with E-state index in [0.717, 1.165) is 18.7 Å². The van der Waals surface area contributed by atoms with Gasteiger partial charge in [0.25, 0.3) is 0 Å². The van der Waals surface area contributed by atoms with Gasteiger partial charge in [-0.15, -0.1) is 0 Å². The van der Waals surface area contributed by atoms with E-state index in [-0.39, 0.29) is 0 Å². The van der Waals surface area contributed by atoms with E-state index >= 15 is 0 Å². The second-order valence-electron chi connectivity index (χ2n) is 5.81. The molecule has 2 unspecified atom stereocenters. The molecule has 1 aromatic rings. The molecule has 106 valence electrons. The lowest BCUT2D eigenvalue weighted by molar-refractivity contribution is 0.402. The van der Waals surface area contributed by atoms with Gasteiger partial charge in [-0.25, -0.2) is 0 Å². The van der Waals surface area contributed by atoms with E-state index in [2.05, 4.69) is 37.4 Å². The summed E-state index contributed by atoms with van der Waals surface area (Å²) in [5, 5.41) is 3.57. The molecule has 2 rings (SSSR count). The molecule has 0 aromatic heterocycles. The number of ether oxygens (including phenoxy) is 1. The Morgan fingerprint density at radius 1 is 1.37 bits per heavy atom. The highest BCUT2D eigenvalue weighted by Crippen LogP contribution is 2.25. The quantitative estimate of drug-likeness (QED) is 0.858. The number of hydrogen-bond donors (Lipinski definition) is 2. The molecule has 1 fully saturated rings. The maximum atomic E-state index is 6.08. The Kier molecular flexibility index (Phi) is 4.83. The molecule has 0 saturated heterocycles. The van der Waals surface area contributed by atoms with Gasteiger partial charge in [-0.2, -0.15) is 0 Å². The SMILES string of the molecule is COc1cc(C(C)C)ccc1CNC1CCCC1N. The third-order valence-corrected chi connectivity index (χ3v) is 4.10. The predicted molar refractivity (Wildman–Crippen MR) is 79.5 cm³/mol. The van der Waals surface area contributed by atoms with Gasteiger partial charge in [-0.3, -0.25) is 0 Å². The highest BCUT2D eigenvalue weighted by Gasteiger charge is 2.23. The van der Waals surface area contributed by atoms with Gasteiger partial charge in [0.2, 0.25) is 0 Å². The molecule has 3 nitrogen and oxygen atoms in total. The number of nitrogens with two attached hydrogens (primary N) is 1. The van der Waals surface area contributed by atoms with E-state index in [1.807, 2.05) is 0 Å². The number of nitrogens with one attached hydrogen (secondary N) is 1. The van der Waals surface area contributed by atoms with Crippen molar-refractivity contribution in [1.82, 2.24) is 5.32 Å². The molecule has 0 heterocycles. The van der Waals surface area contributed by atoms with Crippen molar-refractivity contribution in [3.05, 3.63) is 29.3 Å². The molecule has 1 aliphatic carbocycles. The summed E-state index contributed by atoms with van der Waals surface area (Å²) in [4.78, 5) is 0. The van der Waals surface area contributed by atoms with Crippen LogP contribution in [0, 0.1) is 0 Å². The van der Waals surface area contributed by atoms with E-state index in [9.17, 15) is 0 Å². The lowest BCUT2D eigenvalue weighted by Crippen LogP contribution is -2.40. The van der Waals surface area contributed by atoms with Crippen molar-refractivity contribution in [3.63, 3.8) is 0 Å². The van der Waals surface area contributed by atoms with Crippen molar-refractivity contribution < 1.29 is 4.74 Å². The van der Waals surface area contributed by atoms with E-state index < -0.39 is 0 Å². The van der Waals surface area contributed by atoms with Crippen molar-refractivity contribution in [2.75, 3.05) is 7.11 Å². The van der Waals surface area contributed by atoms with E-state index in [1.54, 1.807) is 7.11 Å². The topological polar surface area (TPSA) is 47.3 Å². The van der Waals surface area contributed by atoms with Gasteiger partial charge in [-0.05, 0) is 30.4 Å². The molecular formula is C16H26N2O. The summed E-state index contributed by atoms with van der Waals surface area (Å²) < 4.78 is 5.51. The van der Waals surface area contributed by atoms with Gasteiger partial charge in [0.05, 0.1) is 7.11 Å². The van der Waals surface area contributed by atoms with Crippen LogP contribution in [0.4, 0.5) is 0 Å². The minimum Gasteiger partial charge on any atom is -0.496 e. The first-order valence-electron chi connectivity index (χ1n) is 7.27. The van der Waals surface area contributed by atoms with Crippen molar-refractivity contribution in [3.8, 4) is 5.75 Å². The highest BCUT2D eigenvalue weighted by atomic mass is 16.5. The minimum absolute atomic E-state index is 0.306. The van der Waals surface area contributed by atoms with Crippen molar-refractivity contribution in [1.29, 1.82) is 0 Å². The van der Waals surface area contributed by atoms with E-state index in [1.165, 1.54) is 24.0 Å². The molecule has 3 heteroatoms. The zero-order valence-electron chi connectivity index (χ0n) is 12.3. The molecule has 0 bridgehead atoms. The Morgan fingerprint density at radius 3 is 2.74 bits per heavy atom. The van der Waals surface area contributed by atoms with Crippen LogP contribution < -0.4 is 15.8 Å². The van der Waals surface area contributed by atoms with Crippen molar-refractivity contribution in [2.24, 2.45) is 5.73 Å². The summed E-state index contributed by atoms with van der Waals surface area (Å²) in [6, 6.07) is 7.27. The summed E-state index contributed by atoms with van der Waals surface area (Å²) >= 11 is 0. The van der Waals surface area contributed by atoms with Gasteiger partial charge in [0.1, 0.15) is 5.75 Å². The summed E-state index contributed by atoms with van der Waals surface area (Å²) in [5.74, 6) is 1.50. The third kappa shape index (κ3) is 3.48. The molecule has 1 aliphatic rings. The second-order valence-corrected chi connectivity index (χ2v) is 5.81. The summed E-state index contributed by atoms with van der Waals surface area (Å²) in [6.07, 6.45) is 3.57.